The molecule has 0 bridgehead atoms. The van der Waals surface area contributed by atoms with Gasteiger partial charge in [0.15, 0.2) is 0 Å². The molecule has 1 aliphatic carbocycles. The summed E-state index contributed by atoms with van der Waals surface area (Å²) in [6, 6.07) is 4.98. The molecule has 1 fully saturated rings. The van der Waals surface area contributed by atoms with Crippen LogP contribution in [-0.2, 0) is 6.42 Å². The molecule has 1 unspecified atom stereocenters. The lowest BCUT2D eigenvalue weighted by molar-refractivity contribution is 0.372. The van der Waals surface area contributed by atoms with Crippen molar-refractivity contribution in [3.05, 3.63) is 34.1 Å². The van der Waals surface area contributed by atoms with Gasteiger partial charge in [-0.2, -0.15) is 0 Å². The van der Waals surface area contributed by atoms with Crippen molar-refractivity contribution in [3.63, 3.8) is 0 Å². The Morgan fingerprint density at radius 3 is 2.65 bits per heavy atom. The minimum atomic E-state index is -0.136. The molecule has 2 rings (SSSR count). The lowest BCUT2D eigenvalue weighted by Gasteiger charge is -2.21. The lowest BCUT2D eigenvalue weighted by Crippen LogP contribution is -2.16. The molecule has 0 nitrogen and oxygen atoms in total. The van der Waals surface area contributed by atoms with Crippen LogP contribution >= 0.6 is 31.9 Å². The van der Waals surface area contributed by atoms with Crippen LogP contribution in [0.25, 0.3) is 0 Å². The van der Waals surface area contributed by atoms with Gasteiger partial charge < -0.3 is 0 Å². The summed E-state index contributed by atoms with van der Waals surface area (Å²) in [6.45, 7) is 0. The Balaban J connectivity index is 2.09. The van der Waals surface area contributed by atoms with Crippen molar-refractivity contribution in [3.8, 4) is 0 Å². The van der Waals surface area contributed by atoms with Gasteiger partial charge >= 0.3 is 0 Å². The van der Waals surface area contributed by atoms with Gasteiger partial charge in [0.2, 0.25) is 0 Å². The van der Waals surface area contributed by atoms with E-state index >= 15 is 0 Å². The maximum Gasteiger partial charge on any atom is 0.123 e. The quantitative estimate of drug-likeness (QED) is 0.634. The van der Waals surface area contributed by atoms with Crippen LogP contribution in [0, 0.1) is 17.7 Å². The maximum absolute atomic E-state index is 13.2. The van der Waals surface area contributed by atoms with Crippen LogP contribution in [0.3, 0.4) is 0 Å². The molecule has 0 amide bonds. The second kappa shape index (κ2) is 6.33. The van der Waals surface area contributed by atoms with Gasteiger partial charge in [-0.1, -0.05) is 57.5 Å². The van der Waals surface area contributed by atoms with Crippen molar-refractivity contribution in [1.29, 1.82) is 0 Å². The molecule has 0 aromatic heterocycles. The molecule has 0 radical (unpaired) electrons. The van der Waals surface area contributed by atoms with Gasteiger partial charge in [-0.15, -0.1) is 0 Å². The van der Waals surface area contributed by atoms with Crippen molar-refractivity contribution in [2.75, 3.05) is 5.33 Å². The standard InChI is InChI=1S/C14H17Br2F/c15-9-12(10-3-1-2-4-10)7-11-8-13(17)5-6-14(11)16/h5-6,8,10,12H,1-4,7,9H2. The molecular weight excluding hydrogens is 347 g/mol. The van der Waals surface area contributed by atoms with Crippen LogP contribution in [0.1, 0.15) is 31.2 Å². The normalized spacial score (nSPS) is 18.5. The average molecular weight is 364 g/mol. The van der Waals surface area contributed by atoms with Gasteiger partial charge in [0.25, 0.3) is 0 Å². The third kappa shape index (κ3) is 3.54. The van der Waals surface area contributed by atoms with E-state index in [0.29, 0.717) is 5.92 Å². The molecule has 1 aromatic carbocycles. The summed E-state index contributed by atoms with van der Waals surface area (Å²) in [5.74, 6) is 1.31. The lowest BCUT2D eigenvalue weighted by atomic mass is 9.87. The van der Waals surface area contributed by atoms with E-state index in [4.69, 9.17) is 0 Å². The van der Waals surface area contributed by atoms with Crippen LogP contribution in [0.5, 0.6) is 0 Å². The first-order chi connectivity index (χ1) is 8.20. The van der Waals surface area contributed by atoms with Gasteiger partial charge in [-0.25, -0.2) is 4.39 Å². The summed E-state index contributed by atoms with van der Waals surface area (Å²) in [4.78, 5) is 0. The Morgan fingerprint density at radius 2 is 2.00 bits per heavy atom. The highest BCUT2D eigenvalue weighted by molar-refractivity contribution is 9.10. The fourth-order valence-electron chi connectivity index (χ4n) is 2.76. The summed E-state index contributed by atoms with van der Waals surface area (Å²) in [6.07, 6.45) is 6.36. The van der Waals surface area contributed by atoms with Crippen molar-refractivity contribution in [1.82, 2.24) is 0 Å². The number of halogens is 3. The summed E-state index contributed by atoms with van der Waals surface area (Å²) in [5, 5.41) is 1.01. The van der Waals surface area contributed by atoms with Gasteiger partial charge in [0, 0.05) is 9.80 Å². The largest absolute Gasteiger partial charge is 0.207 e. The van der Waals surface area contributed by atoms with E-state index in [1.165, 1.54) is 31.7 Å². The molecule has 1 aromatic rings. The Morgan fingerprint density at radius 1 is 1.29 bits per heavy atom. The zero-order chi connectivity index (χ0) is 12.3. The fourth-order valence-corrected chi connectivity index (χ4v) is 3.92. The van der Waals surface area contributed by atoms with Crippen molar-refractivity contribution < 1.29 is 4.39 Å². The van der Waals surface area contributed by atoms with Crippen molar-refractivity contribution in [2.45, 2.75) is 32.1 Å². The maximum atomic E-state index is 13.2. The van der Waals surface area contributed by atoms with Gasteiger partial charge in [0.05, 0.1) is 0 Å². The molecule has 17 heavy (non-hydrogen) atoms. The zero-order valence-corrected chi connectivity index (χ0v) is 12.9. The number of rotatable bonds is 4. The highest BCUT2D eigenvalue weighted by Crippen LogP contribution is 2.35. The van der Waals surface area contributed by atoms with E-state index in [1.54, 1.807) is 6.07 Å². The Bertz CT molecular complexity index is 372. The molecule has 0 saturated heterocycles. The molecule has 3 heteroatoms. The smallest absolute Gasteiger partial charge is 0.123 e. The van der Waals surface area contributed by atoms with E-state index < -0.39 is 0 Å². The SMILES string of the molecule is Fc1ccc(Br)c(CC(CBr)C2CCCC2)c1. The summed E-state index contributed by atoms with van der Waals surface area (Å²) in [5.41, 5.74) is 1.10. The molecule has 1 atom stereocenters. The first kappa shape index (κ1) is 13.5. The Labute approximate surface area is 119 Å². The van der Waals surface area contributed by atoms with E-state index in [2.05, 4.69) is 31.9 Å². The highest BCUT2D eigenvalue weighted by atomic mass is 79.9. The van der Waals surface area contributed by atoms with E-state index in [9.17, 15) is 4.39 Å². The van der Waals surface area contributed by atoms with E-state index in [1.807, 2.05) is 6.07 Å². The second-order valence-electron chi connectivity index (χ2n) is 4.90. The van der Waals surface area contributed by atoms with Crippen LogP contribution < -0.4 is 0 Å². The molecule has 94 valence electrons. The predicted molar refractivity (Wildman–Crippen MR) is 77.0 cm³/mol. The summed E-state index contributed by atoms with van der Waals surface area (Å²) < 4.78 is 14.3. The molecular formula is C14H17Br2F. The molecule has 0 N–H and O–H groups in total. The van der Waals surface area contributed by atoms with E-state index in [-0.39, 0.29) is 5.82 Å². The van der Waals surface area contributed by atoms with Gasteiger partial charge in [0.1, 0.15) is 5.82 Å². The number of alkyl halides is 1. The third-order valence-corrected chi connectivity index (χ3v) is 5.36. The molecule has 0 spiro atoms. The number of benzene rings is 1. The summed E-state index contributed by atoms with van der Waals surface area (Å²) >= 11 is 7.13. The number of hydrogen-bond donors (Lipinski definition) is 0. The van der Waals surface area contributed by atoms with Gasteiger partial charge in [-0.3, -0.25) is 0 Å². The van der Waals surface area contributed by atoms with Crippen LogP contribution in [0.15, 0.2) is 22.7 Å². The van der Waals surface area contributed by atoms with Crippen LogP contribution in [-0.4, -0.2) is 5.33 Å². The van der Waals surface area contributed by atoms with E-state index in [0.717, 1.165) is 27.7 Å². The third-order valence-electron chi connectivity index (χ3n) is 3.75. The summed E-state index contributed by atoms with van der Waals surface area (Å²) in [7, 11) is 0. The van der Waals surface area contributed by atoms with Gasteiger partial charge in [-0.05, 0) is 42.0 Å². The minimum absolute atomic E-state index is 0.136. The molecule has 0 heterocycles. The van der Waals surface area contributed by atoms with Crippen LogP contribution in [0.2, 0.25) is 0 Å². The predicted octanol–water partition coefficient (Wildman–Crippen LogP) is 5.33. The average Bonchev–Trinajstić information content (AvgIpc) is 2.84. The topological polar surface area (TPSA) is 0 Å². The Hall–Kier alpha value is 0.110. The zero-order valence-electron chi connectivity index (χ0n) is 9.76. The molecule has 0 aliphatic heterocycles. The first-order valence-corrected chi connectivity index (χ1v) is 8.12. The number of hydrogen-bond acceptors (Lipinski definition) is 0. The molecule has 1 saturated carbocycles. The highest BCUT2D eigenvalue weighted by Gasteiger charge is 2.24. The fraction of sp³-hybridized carbons (Fsp3) is 0.571. The van der Waals surface area contributed by atoms with Crippen molar-refractivity contribution >= 4 is 31.9 Å². The Kier molecular flexibility index (Phi) is 5.04. The first-order valence-electron chi connectivity index (χ1n) is 6.20. The monoisotopic (exact) mass is 362 g/mol. The minimum Gasteiger partial charge on any atom is -0.207 e. The second-order valence-corrected chi connectivity index (χ2v) is 6.40. The van der Waals surface area contributed by atoms with Crippen molar-refractivity contribution in [2.24, 2.45) is 11.8 Å². The molecule has 1 aliphatic rings. The van der Waals surface area contributed by atoms with Crippen LogP contribution in [0.4, 0.5) is 4.39 Å².